The zero-order valence-electron chi connectivity index (χ0n) is 14.4. The third-order valence-electron chi connectivity index (χ3n) is 3.29. The minimum Gasteiger partial charge on any atom is -1.00 e. The Morgan fingerprint density at radius 1 is 1.38 bits per heavy atom. The molecule has 0 aliphatic rings. The largest absolute Gasteiger partial charge is 1.00 e. The highest BCUT2D eigenvalue weighted by Crippen LogP contribution is 2.14. The maximum absolute atomic E-state index is 11.3. The fourth-order valence-electron chi connectivity index (χ4n) is 2.07. The summed E-state index contributed by atoms with van der Waals surface area (Å²) in [6.45, 7) is 5.07. The van der Waals surface area contributed by atoms with E-state index in [9.17, 15) is 13.2 Å². The molecule has 0 spiro atoms. The van der Waals surface area contributed by atoms with Crippen molar-refractivity contribution in [2.75, 3.05) is 12.3 Å². The standard InChI is InChI=1S/C14H19N4O5S2.ClH/c1-9-13(4-5-22-25(20,21)23-11(3)19)24-8-18(9)7-12-6-16-10(2)17-14(12)15;/h6,8H,4-5,7H2,1-3H3,(H2,15,16,17);1H/q+1;/p-1. The van der Waals surface area contributed by atoms with Crippen LogP contribution in [0.1, 0.15) is 28.9 Å². The molecule has 0 aliphatic heterocycles. The van der Waals surface area contributed by atoms with Crippen LogP contribution in [0.15, 0.2) is 11.7 Å². The number of nitrogen functional groups attached to an aromatic ring is 1. The van der Waals surface area contributed by atoms with E-state index in [1.165, 1.54) is 11.3 Å². The van der Waals surface area contributed by atoms with Crippen molar-refractivity contribution in [2.24, 2.45) is 0 Å². The van der Waals surface area contributed by atoms with E-state index < -0.39 is 16.4 Å². The van der Waals surface area contributed by atoms with Crippen LogP contribution >= 0.6 is 11.3 Å². The lowest BCUT2D eigenvalue weighted by molar-refractivity contribution is -0.689. The molecule has 0 aliphatic carbocycles. The molecular weight excluding hydrogens is 404 g/mol. The lowest BCUT2D eigenvalue weighted by atomic mass is 10.2. The molecule has 0 fully saturated rings. The first-order valence-corrected chi connectivity index (χ1v) is 9.53. The van der Waals surface area contributed by atoms with Crippen molar-refractivity contribution in [1.82, 2.24) is 9.97 Å². The first-order chi connectivity index (χ1) is 11.7. The number of nitrogens with zero attached hydrogens (tertiary/aromatic N) is 3. The van der Waals surface area contributed by atoms with Crippen molar-refractivity contribution in [3.63, 3.8) is 0 Å². The van der Waals surface area contributed by atoms with Crippen molar-refractivity contribution in [1.29, 1.82) is 0 Å². The highest BCUT2D eigenvalue weighted by atomic mass is 35.5. The van der Waals surface area contributed by atoms with Gasteiger partial charge in [0.15, 0.2) is 12.2 Å². The minimum absolute atomic E-state index is 0. The van der Waals surface area contributed by atoms with Gasteiger partial charge in [-0.05, 0) is 6.92 Å². The number of halogens is 1. The van der Waals surface area contributed by atoms with Crippen molar-refractivity contribution >= 4 is 33.5 Å². The number of anilines is 1. The number of aryl methyl sites for hydroxylation is 1. The molecule has 0 radical (unpaired) electrons. The summed E-state index contributed by atoms with van der Waals surface area (Å²) in [6.07, 6.45) is 2.06. The van der Waals surface area contributed by atoms with Crippen LogP contribution in [0.25, 0.3) is 0 Å². The van der Waals surface area contributed by atoms with E-state index in [1.54, 1.807) is 13.1 Å². The molecule has 0 amide bonds. The summed E-state index contributed by atoms with van der Waals surface area (Å²) >= 11 is 1.47. The van der Waals surface area contributed by atoms with Gasteiger partial charge < -0.3 is 22.3 Å². The molecular formula is C14H19ClN4O5S2. The van der Waals surface area contributed by atoms with Crippen molar-refractivity contribution in [2.45, 2.75) is 33.7 Å². The smallest absolute Gasteiger partial charge is 0.451 e. The van der Waals surface area contributed by atoms with Crippen LogP contribution in [-0.4, -0.2) is 31.0 Å². The molecule has 0 aromatic carbocycles. The monoisotopic (exact) mass is 422 g/mol. The second-order valence-corrected chi connectivity index (χ2v) is 7.40. The zero-order chi connectivity index (χ0) is 18.6. The summed E-state index contributed by atoms with van der Waals surface area (Å²) in [5.41, 5.74) is 9.57. The SMILES string of the molecule is CC(=O)OS(=O)(=O)OCCc1sc[n+](Cc2cnc(C)nc2N)c1C.[Cl-]. The summed E-state index contributed by atoms with van der Waals surface area (Å²) in [4.78, 5) is 19.9. The van der Waals surface area contributed by atoms with E-state index in [1.807, 2.05) is 17.0 Å². The van der Waals surface area contributed by atoms with Crippen LogP contribution in [0.4, 0.5) is 5.82 Å². The molecule has 2 aromatic heterocycles. The topological polar surface area (TPSA) is 125 Å². The molecule has 0 bridgehead atoms. The molecule has 9 nitrogen and oxygen atoms in total. The van der Waals surface area contributed by atoms with Gasteiger partial charge in [-0.3, -0.25) is 4.79 Å². The Balaban J connectivity index is 0.00000338. The Bertz CT molecular complexity index is 885. The van der Waals surface area contributed by atoms with Crippen LogP contribution in [-0.2, 0) is 36.5 Å². The number of thiazole rings is 1. The van der Waals surface area contributed by atoms with E-state index in [0.717, 1.165) is 23.1 Å². The van der Waals surface area contributed by atoms with E-state index in [2.05, 4.69) is 18.3 Å². The maximum atomic E-state index is 11.3. The predicted octanol–water partition coefficient (Wildman–Crippen LogP) is -2.56. The molecule has 12 heteroatoms. The molecule has 2 aromatic rings. The average molecular weight is 423 g/mol. The number of hydrogen-bond acceptors (Lipinski definition) is 9. The quantitative estimate of drug-likeness (QED) is 0.483. The number of nitrogens with two attached hydrogens (primary N) is 1. The van der Waals surface area contributed by atoms with Gasteiger partial charge in [0.05, 0.1) is 17.0 Å². The molecule has 26 heavy (non-hydrogen) atoms. The second kappa shape index (κ2) is 9.21. The Labute approximate surface area is 161 Å². The van der Waals surface area contributed by atoms with Crippen LogP contribution in [0.5, 0.6) is 0 Å². The number of carbonyl (C=O) groups excluding carboxylic acids is 1. The first-order valence-electron chi connectivity index (χ1n) is 7.31. The van der Waals surface area contributed by atoms with Crippen molar-refractivity contribution < 1.29 is 38.6 Å². The van der Waals surface area contributed by atoms with Crippen LogP contribution in [0.2, 0.25) is 0 Å². The van der Waals surface area contributed by atoms with Gasteiger partial charge in [0.1, 0.15) is 11.6 Å². The van der Waals surface area contributed by atoms with Gasteiger partial charge in [0.25, 0.3) is 0 Å². The van der Waals surface area contributed by atoms with Gasteiger partial charge in [0, 0.05) is 26.5 Å². The van der Waals surface area contributed by atoms with E-state index in [0.29, 0.717) is 24.6 Å². The number of rotatable bonds is 7. The maximum Gasteiger partial charge on any atom is 0.451 e. The third kappa shape index (κ3) is 6.16. The first kappa shape index (κ1) is 22.2. The second-order valence-electron chi connectivity index (χ2n) is 5.24. The molecule has 0 saturated carbocycles. The zero-order valence-corrected chi connectivity index (χ0v) is 16.8. The van der Waals surface area contributed by atoms with Gasteiger partial charge >= 0.3 is 16.4 Å². The molecule has 2 rings (SSSR count). The van der Waals surface area contributed by atoms with Crippen LogP contribution in [0.3, 0.4) is 0 Å². The van der Waals surface area contributed by atoms with Crippen LogP contribution < -0.4 is 22.7 Å². The lowest BCUT2D eigenvalue weighted by Gasteiger charge is -2.03. The van der Waals surface area contributed by atoms with E-state index in [4.69, 9.17) is 5.73 Å². The summed E-state index contributed by atoms with van der Waals surface area (Å²) in [5.74, 6) is 0.103. The molecule has 0 unspecified atom stereocenters. The predicted molar refractivity (Wildman–Crippen MR) is 89.9 cm³/mol. The van der Waals surface area contributed by atoms with Crippen molar-refractivity contribution in [3.8, 4) is 0 Å². The molecule has 0 saturated heterocycles. The Morgan fingerprint density at radius 3 is 2.69 bits per heavy atom. The van der Waals surface area contributed by atoms with Gasteiger partial charge in [0.2, 0.25) is 5.51 Å². The minimum atomic E-state index is -4.30. The fraction of sp³-hybridized carbons (Fsp3) is 0.429. The highest BCUT2D eigenvalue weighted by molar-refractivity contribution is 7.82. The van der Waals surface area contributed by atoms with Gasteiger partial charge in [-0.25, -0.2) is 14.2 Å². The molecule has 2 heterocycles. The van der Waals surface area contributed by atoms with E-state index in [-0.39, 0.29) is 19.0 Å². The van der Waals surface area contributed by atoms with Gasteiger partial charge in [-0.15, -0.1) is 0 Å². The number of aromatic nitrogens is 3. The number of carbonyl (C=O) groups is 1. The molecule has 2 N–H and O–H groups in total. The Morgan fingerprint density at radius 2 is 2.08 bits per heavy atom. The van der Waals surface area contributed by atoms with Gasteiger partial charge in [-0.1, -0.05) is 11.3 Å². The summed E-state index contributed by atoms with van der Waals surface area (Å²) in [6, 6.07) is 0. The summed E-state index contributed by atoms with van der Waals surface area (Å²) < 4.78 is 33.4. The lowest BCUT2D eigenvalue weighted by Crippen LogP contribution is -3.00. The summed E-state index contributed by atoms with van der Waals surface area (Å²) in [5, 5.41) is 0. The summed E-state index contributed by atoms with van der Waals surface area (Å²) in [7, 11) is -4.30. The normalized spacial score (nSPS) is 11.0. The molecule has 144 valence electrons. The van der Waals surface area contributed by atoms with Gasteiger partial charge in [-0.2, -0.15) is 13.0 Å². The van der Waals surface area contributed by atoms with Crippen LogP contribution in [0, 0.1) is 13.8 Å². The third-order valence-corrected chi connectivity index (χ3v) is 5.33. The Hall–Kier alpha value is -1.82. The molecule has 0 atom stereocenters. The fourth-order valence-corrected chi connectivity index (χ4v) is 3.67. The Kier molecular flexibility index (Phi) is 7.87. The average Bonchev–Trinajstić information content (AvgIpc) is 2.81. The highest BCUT2D eigenvalue weighted by Gasteiger charge is 2.20. The van der Waals surface area contributed by atoms with E-state index >= 15 is 0 Å². The number of hydrogen-bond donors (Lipinski definition) is 1. The van der Waals surface area contributed by atoms with Crippen molar-refractivity contribution in [3.05, 3.63) is 33.7 Å².